The van der Waals surface area contributed by atoms with Crippen molar-refractivity contribution >= 4 is 22.1 Å². The summed E-state index contributed by atoms with van der Waals surface area (Å²) < 4.78 is 0. The normalized spacial score (nSPS) is 11.0. The molecule has 4 nitrogen and oxygen atoms in total. The first-order chi connectivity index (χ1) is 9.92. The second kappa shape index (κ2) is 4.54. The summed E-state index contributed by atoms with van der Waals surface area (Å²) in [5, 5.41) is 11.5. The summed E-state index contributed by atoms with van der Waals surface area (Å²) in [4.78, 5) is 10.1. The van der Waals surface area contributed by atoms with Crippen LogP contribution in [-0.4, -0.2) is 20.2 Å². The molecule has 5 heteroatoms. The fourth-order valence-corrected chi connectivity index (χ4v) is 2.85. The van der Waals surface area contributed by atoms with Crippen LogP contribution in [-0.2, 0) is 0 Å². The number of nitrogens with one attached hydrogen (secondary N) is 1. The van der Waals surface area contributed by atoms with Gasteiger partial charge in [0.2, 0.25) is 5.82 Å². The zero-order valence-electron chi connectivity index (χ0n) is 10.4. The highest BCUT2D eigenvalue weighted by Crippen LogP contribution is 2.26. The van der Waals surface area contributed by atoms with Gasteiger partial charge in [-0.3, -0.25) is 10.1 Å². The number of benzene rings is 1. The average Bonchev–Trinajstić information content (AvgIpc) is 3.17. The number of hydrogen-bond donors (Lipinski definition) is 1. The maximum absolute atomic E-state index is 4.55. The summed E-state index contributed by atoms with van der Waals surface area (Å²) in [6, 6.07) is 14.1. The van der Waals surface area contributed by atoms with Gasteiger partial charge in [0.05, 0.1) is 4.88 Å². The van der Waals surface area contributed by atoms with Gasteiger partial charge in [-0.05, 0) is 22.9 Å². The van der Waals surface area contributed by atoms with Crippen molar-refractivity contribution in [1.29, 1.82) is 0 Å². The number of aromatic nitrogens is 4. The van der Waals surface area contributed by atoms with Crippen LogP contribution < -0.4 is 0 Å². The highest BCUT2D eigenvalue weighted by atomic mass is 32.1. The predicted molar refractivity (Wildman–Crippen MR) is 80.4 cm³/mol. The van der Waals surface area contributed by atoms with E-state index in [0.29, 0.717) is 5.82 Å². The molecule has 0 saturated heterocycles. The smallest absolute Gasteiger partial charge is 0.200 e. The molecular weight excluding hydrogens is 268 g/mol. The van der Waals surface area contributed by atoms with Crippen LogP contribution in [0.2, 0.25) is 0 Å². The van der Waals surface area contributed by atoms with Gasteiger partial charge in [0, 0.05) is 11.6 Å². The minimum Gasteiger partial charge on any atom is -0.258 e. The monoisotopic (exact) mass is 278 g/mol. The summed E-state index contributed by atoms with van der Waals surface area (Å²) in [5.74, 6) is 1.41. The van der Waals surface area contributed by atoms with E-state index in [0.717, 1.165) is 27.2 Å². The van der Waals surface area contributed by atoms with E-state index >= 15 is 0 Å². The van der Waals surface area contributed by atoms with Crippen molar-refractivity contribution in [3.8, 4) is 22.2 Å². The molecule has 0 spiro atoms. The van der Waals surface area contributed by atoms with Gasteiger partial charge in [0.1, 0.15) is 5.69 Å². The number of aromatic amines is 1. The first kappa shape index (κ1) is 11.3. The Morgan fingerprint density at radius 3 is 2.85 bits per heavy atom. The van der Waals surface area contributed by atoms with Crippen molar-refractivity contribution in [2.75, 3.05) is 0 Å². The van der Waals surface area contributed by atoms with Crippen molar-refractivity contribution in [2.24, 2.45) is 0 Å². The maximum Gasteiger partial charge on any atom is 0.200 e. The number of thiophene rings is 1. The number of rotatable bonds is 2. The van der Waals surface area contributed by atoms with Crippen molar-refractivity contribution in [3.05, 3.63) is 54.0 Å². The van der Waals surface area contributed by atoms with Crippen LogP contribution >= 0.6 is 11.3 Å². The fraction of sp³-hybridized carbons (Fsp3) is 0. The molecule has 3 heterocycles. The van der Waals surface area contributed by atoms with E-state index in [1.54, 1.807) is 17.5 Å². The predicted octanol–water partition coefficient (Wildman–Crippen LogP) is 3.75. The lowest BCUT2D eigenvalue weighted by atomic mass is 10.1. The Balaban J connectivity index is 1.88. The molecule has 0 fully saturated rings. The summed E-state index contributed by atoms with van der Waals surface area (Å²) >= 11 is 1.63. The van der Waals surface area contributed by atoms with E-state index < -0.39 is 0 Å². The Labute approximate surface area is 119 Å². The molecule has 4 aromatic rings. The maximum atomic E-state index is 4.55. The average molecular weight is 278 g/mol. The summed E-state index contributed by atoms with van der Waals surface area (Å²) in [6.45, 7) is 0. The summed E-state index contributed by atoms with van der Waals surface area (Å²) in [5.41, 5.74) is 0.808. The molecule has 20 heavy (non-hydrogen) atoms. The molecule has 0 aliphatic heterocycles. The van der Waals surface area contributed by atoms with Gasteiger partial charge < -0.3 is 0 Å². The molecule has 0 saturated carbocycles. The van der Waals surface area contributed by atoms with E-state index in [9.17, 15) is 0 Å². The van der Waals surface area contributed by atoms with Crippen LogP contribution in [0.15, 0.2) is 54.0 Å². The molecule has 0 amide bonds. The number of H-pyrrole nitrogens is 1. The second-order valence-electron chi connectivity index (χ2n) is 4.37. The molecule has 96 valence electrons. The van der Waals surface area contributed by atoms with Crippen LogP contribution in [0.1, 0.15) is 0 Å². The van der Waals surface area contributed by atoms with Gasteiger partial charge in [-0.1, -0.05) is 30.3 Å². The Morgan fingerprint density at radius 1 is 1.00 bits per heavy atom. The molecular formula is C15H10N4S. The van der Waals surface area contributed by atoms with Crippen LogP contribution in [0.25, 0.3) is 33.0 Å². The van der Waals surface area contributed by atoms with Gasteiger partial charge in [0.25, 0.3) is 0 Å². The van der Waals surface area contributed by atoms with Crippen LogP contribution in [0.4, 0.5) is 0 Å². The van der Waals surface area contributed by atoms with Crippen molar-refractivity contribution in [3.63, 3.8) is 0 Å². The molecule has 0 atom stereocenters. The molecule has 1 N–H and O–H groups in total. The van der Waals surface area contributed by atoms with Gasteiger partial charge in [-0.15, -0.1) is 11.3 Å². The minimum atomic E-state index is 0.630. The van der Waals surface area contributed by atoms with Gasteiger partial charge in [-0.25, -0.2) is 4.98 Å². The molecule has 0 unspecified atom stereocenters. The van der Waals surface area contributed by atoms with Crippen molar-refractivity contribution in [1.82, 2.24) is 20.2 Å². The summed E-state index contributed by atoms with van der Waals surface area (Å²) in [6.07, 6.45) is 1.79. The first-order valence-electron chi connectivity index (χ1n) is 6.22. The fourth-order valence-electron chi connectivity index (χ4n) is 2.19. The zero-order valence-corrected chi connectivity index (χ0v) is 11.3. The lowest BCUT2D eigenvalue weighted by Gasteiger charge is -2.00. The molecule has 3 aromatic heterocycles. The number of nitrogens with zero attached hydrogens (tertiary/aromatic N) is 3. The van der Waals surface area contributed by atoms with Crippen LogP contribution in [0, 0.1) is 0 Å². The van der Waals surface area contributed by atoms with Crippen molar-refractivity contribution < 1.29 is 0 Å². The minimum absolute atomic E-state index is 0.630. The molecule has 0 aliphatic rings. The molecule has 0 radical (unpaired) electrons. The van der Waals surface area contributed by atoms with E-state index in [1.807, 2.05) is 41.8 Å². The van der Waals surface area contributed by atoms with E-state index in [1.165, 1.54) is 0 Å². The van der Waals surface area contributed by atoms with Gasteiger partial charge in [-0.2, -0.15) is 5.10 Å². The third-order valence-electron chi connectivity index (χ3n) is 3.13. The second-order valence-corrected chi connectivity index (χ2v) is 5.31. The number of pyridine rings is 1. The highest BCUT2D eigenvalue weighted by Gasteiger charge is 2.12. The van der Waals surface area contributed by atoms with Gasteiger partial charge >= 0.3 is 0 Å². The lowest BCUT2D eigenvalue weighted by Crippen LogP contribution is -1.87. The summed E-state index contributed by atoms with van der Waals surface area (Å²) in [7, 11) is 0. The van der Waals surface area contributed by atoms with E-state index in [-0.39, 0.29) is 0 Å². The quantitative estimate of drug-likeness (QED) is 0.607. The van der Waals surface area contributed by atoms with E-state index in [2.05, 4.69) is 26.2 Å². The van der Waals surface area contributed by atoms with Gasteiger partial charge in [0.15, 0.2) is 5.82 Å². The first-order valence-corrected chi connectivity index (χ1v) is 7.10. The molecule has 1 aromatic carbocycles. The van der Waals surface area contributed by atoms with Crippen molar-refractivity contribution in [2.45, 2.75) is 0 Å². The molecule has 4 rings (SSSR count). The third kappa shape index (κ3) is 1.80. The van der Waals surface area contributed by atoms with Crippen LogP contribution in [0.3, 0.4) is 0 Å². The Bertz CT molecular complexity index is 859. The number of fused-ring (bicyclic) bond motifs is 1. The SMILES string of the molecule is c1csc(-c2nc(-c3nccc4ccccc34)n[nH]2)c1. The topological polar surface area (TPSA) is 54.5 Å². The third-order valence-corrected chi connectivity index (χ3v) is 4.00. The molecule has 0 bridgehead atoms. The van der Waals surface area contributed by atoms with E-state index in [4.69, 9.17) is 0 Å². The van der Waals surface area contributed by atoms with Crippen LogP contribution in [0.5, 0.6) is 0 Å². The largest absolute Gasteiger partial charge is 0.258 e. The number of hydrogen-bond acceptors (Lipinski definition) is 4. The standard InChI is InChI=1S/C15H10N4S/c1-2-5-11-10(4-1)7-8-16-13(11)15-17-14(18-19-15)12-6-3-9-20-12/h1-9H,(H,17,18,19). The lowest BCUT2D eigenvalue weighted by molar-refractivity contribution is 1.09. The Hall–Kier alpha value is -2.53. The molecule has 0 aliphatic carbocycles. The Kier molecular flexibility index (Phi) is 2.57. The zero-order chi connectivity index (χ0) is 13.4. The Morgan fingerprint density at radius 2 is 1.95 bits per heavy atom. The highest BCUT2D eigenvalue weighted by molar-refractivity contribution is 7.13.